The lowest BCUT2D eigenvalue weighted by atomic mass is 10.0. The van der Waals surface area contributed by atoms with E-state index in [1.807, 2.05) is 24.9 Å². The Morgan fingerprint density at radius 1 is 1.45 bits per heavy atom. The zero-order chi connectivity index (χ0) is 15.1. The number of methoxy groups -OCH3 is 1. The molecule has 0 aliphatic heterocycles. The molecule has 2 unspecified atom stereocenters. The largest absolute Gasteiger partial charge is 0.494 e. The summed E-state index contributed by atoms with van der Waals surface area (Å²) in [6.45, 7) is 2.64. The lowest BCUT2D eigenvalue weighted by Gasteiger charge is -2.33. The Labute approximate surface area is 125 Å². The van der Waals surface area contributed by atoms with Gasteiger partial charge in [-0.3, -0.25) is 4.90 Å². The molecule has 114 valence electrons. The number of likely N-dealkylation sites (N-methyl/N-ethyl adjacent to an activating group) is 1. The molecule has 0 heterocycles. The molecule has 0 aromatic heterocycles. The number of ether oxygens (including phenoxy) is 1. The van der Waals surface area contributed by atoms with E-state index in [0.29, 0.717) is 12.6 Å². The SMILES string of the molecule is COc1ccc(C(CN)N(C)C(C)CCSC)cc1F. The van der Waals surface area contributed by atoms with Crippen LogP contribution in [0, 0.1) is 5.82 Å². The second-order valence-corrected chi connectivity index (χ2v) is 5.93. The maximum atomic E-state index is 13.8. The van der Waals surface area contributed by atoms with E-state index in [2.05, 4.69) is 18.1 Å². The van der Waals surface area contributed by atoms with E-state index in [-0.39, 0.29) is 17.6 Å². The quantitative estimate of drug-likeness (QED) is 0.801. The fourth-order valence-electron chi connectivity index (χ4n) is 2.23. The van der Waals surface area contributed by atoms with Crippen molar-refractivity contribution in [1.82, 2.24) is 4.90 Å². The molecule has 5 heteroatoms. The molecule has 0 radical (unpaired) electrons. The minimum Gasteiger partial charge on any atom is -0.494 e. The third-order valence-corrected chi connectivity index (χ3v) is 4.35. The number of hydrogen-bond donors (Lipinski definition) is 1. The van der Waals surface area contributed by atoms with E-state index < -0.39 is 0 Å². The molecule has 2 atom stereocenters. The van der Waals surface area contributed by atoms with Crippen LogP contribution in [0.4, 0.5) is 4.39 Å². The second kappa shape index (κ2) is 8.49. The molecule has 0 aliphatic rings. The van der Waals surface area contributed by atoms with E-state index in [1.54, 1.807) is 6.07 Å². The van der Waals surface area contributed by atoms with E-state index in [0.717, 1.165) is 17.7 Å². The Bertz CT molecular complexity index is 417. The Balaban J connectivity index is 2.86. The van der Waals surface area contributed by atoms with Crippen LogP contribution < -0.4 is 10.5 Å². The van der Waals surface area contributed by atoms with Crippen LogP contribution in [0.5, 0.6) is 5.75 Å². The van der Waals surface area contributed by atoms with Crippen LogP contribution in [-0.2, 0) is 0 Å². The lowest BCUT2D eigenvalue weighted by molar-refractivity contribution is 0.185. The molecule has 0 saturated carbocycles. The first kappa shape index (κ1) is 17.3. The van der Waals surface area contributed by atoms with Gasteiger partial charge in [0.15, 0.2) is 11.6 Å². The molecule has 0 amide bonds. The van der Waals surface area contributed by atoms with Gasteiger partial charge in [-0.1, -0.05) is 6.07 Å². The number of rotatable bonds is 8. The number of nitrogens with two attached hydrogens (primary N) is 1. The molecule has 0 spiro atoms. The summed E-state index contributed by atoms with van der Waals surface area (Å²) in [5, 5.41) is 0. The highest BCUT2D eigenvalue weighted by Crippen LogP contribution is 2.26. The summed E-state index contributed by atoms with van der Waals surface area (Å²) in [5.41, 5.74) is 6.79. The summed E-state index contributed by atoms with van der Waals surface area (Å²) >= 11 is 1.84. The monoisotopic (exact) mass is 300 g/mol. The summed E-state index contributed by atoms with van der Waals surface area (Å²) in [5.74, 6) is 1.04. The van der Waals surface area contributed by atoms with Gasteiger partial charge in [0.05, 0.1) is 7.11 Å². The minimum atomic E-state index is -0.339. The Kier molecular flexibility index (Phi) is 7.34. The summed E-state index contributed by atoms with van der Waals surface area (Å²) < 4.78 is 18.8. The topological polar surface area (TPSA) is 38.5 Å². The molecule has 1 rings (SSSR count). The van der Waals surface area contributed by atoms with E-state index in [9.17, 15) is 4.39 Å². The van der Waals surface area contributed by atoms with Crippen LogP contribution in [0.2, 0.25) is 0 Å². The number of thioether (sulfide) groups is 1. The zero-order valence-corrected chi connectivity index (χ0v) is 13.5. The Hall–Kier alpha value is -0.780. The maximum Gasteiger partial charge on any atom is 0.165 e. The van der Waals surface area contributed by atoms with Gasteiger partial charge in [0.2, 0.25) is 0 Å². The predicted octanol–water partition coefficient (Wildman–Crippen LogP) is 2.91. The van der Waals surface area contributed by atoms with Crippen molar-refractivity contribution >= 4 is 11.8 Å². The first-order valence-electron chi connectivity index (χ1n) is 6.79. The predicted molar refractivity (Wildman–Crippen MR) is 85.0 cm³/mol. The van der Waals surface area contributed by atoms with Gasteiger partial charge >= 0.3 is 0 Å². The Morgan fingerprint density at radius 2 is 2.15 bits per heavy atom. The number of hydrogen-bond acceptors (Lipinski definition) is 4. The van der Waals surface area contributed by atoms with Gasteiger partial charge in [0.25, 0.3) is 0 Å². The van der Waals surface area contributed by atoms with Crippen molar-refractivity contribution in [3.63, 3.8) is 0 Å². The molecule has 20 heavy (non-hydrogen) atoms. The highest BCUT2D eigenvalue weighted by Gasteiger charge is 2.21. The van der Waals surface area contributed by atoms with Crippen molar-refractivity contribution < 1.29 is 9.13 Å². The van der Waals surface area contributed by atoms with Crippen molar-refractivity contribution in [3.05, 3.63) is 29.6 Å². The molecule has 0 fully saturated rings. The summed E-state index contributed by atoms with van der Waals surface area (Å²) in [7, 11) is 3.51. The number of nitrogens with zero attached hydrogens (tertiary/aromatic N) is 1. The van der Waals surface area contributed by atoms with Gasteiger partial charge in [-0.25, -0.2) is 4.39 Å². The number of benzene rings is 1. The fourth-order valence-corrected chi connectivity index (χ4v) is 2.80. The van der Waals surface area contributed by atoms with Crippen molar-refractivity contribution in [1.29, 1.82) is 0 Å². The maximum absolute atomic E-state index is 13.8. The summed E-state index contributed by atoms with van der Waals surface area (Å²) in [6, 6.07) is 5.49. The molecular weight excluding hydrogens is 275 g/mol. The second-order valence-electron chi connectivity index (χ2n) is 4.94. The normalized spacial score (nSPS) is 14.3. The van der Waals surface area contributed by atoms with Crippen LogP contribution in [-0.4, -0.2) is 43.7 Å². The fraction of sp³-hybridized carbons (Fsp3) is 0.600. The van der Waals surface area contributed by atoms with Crippen LogP contribution in [0.15, 0.2) is 18.2 Å². The van der Waals surface area contributed by atoms with Crippen LogP contribution in [0.25, 0.3) is 0 Å². The third kappa shape index (κ3) is 4.36. The number of halogens is 1. The van der Waals surface area contributed by atoms with Gasteiger partial charge in [0, 0.05) is 18.6 Å². The van der Waals surface area contributed by atoms with E-state index in [4.69, 9.17) is 10.5 Å². The molecule has 2 N–H and O–H groups in total. The van der Waals surface area contributed by atoms with Crippen molar-refractivity contribution in [2.24, 2.45) is 5.73 Å². The van der Waals surface area contributed by atoms with Crippen molar-refractivity contribution in [3.8, 4) is 5.75 Å². The minimum absolute atomic E-state index is 0.0206. The molecule has 3 nitrogen and oxygen atoms in total. The first-order chi connectivity index (χ1) is 9.54. The van der Waals surface area contributed by atoms with Gasteiger partial charge in [-0.05, 0) is 50.1 Å². The average Bonchev–Trinajstić information content (AvgIpc) is 2.45. The molecular formula is C15H25FN2OS. The van der Waals surface area contributed by atoms with Gasteiger partial charge in [-0.2, -0.15) is 11.8 Å². The van der Waals surface area contributed by atoms with E-state index >= 15 is 0 Å². The van der Waals surface area contributed by atoms with Crippen LogP contribution >= 0.6 is 11.8 Å². The summed E-state index contributed by atoms with van der Waals surface area (Å²) in [4.78, 5) is 2.22. The zero-order valence-electron chi connectivity index (χ0n) is 12.7. The highest BCUT2D eigenvalue weighted by atomic mass is 32.2. The van der Waals surface area contributed by atoms with Gasteiger partial charge in [-0.15, -0.1) is 0 Å². The van der Waals surface area contributed by atoms with E-state index in [1.165, 1.54) is 13.2 Å². The standard InChI is InChI=1S/C15H25FN2OS/c1-11(7-8-20-4)18(2)14(10-17)12-5-6-15(19-3)13(16)9-12/h5-6,9,11,14H,7-8,10,17H2,1-4H3. The third-order valence-electron chi connectivity index (χ3n) is 3.71. The molecule has 0 saturated heterocycles. The van der Waals surface area contributed by atoms with Crippen LogP contribution in [0.1, 0.15) is 24.9 Å². The van der Waals surface area contributed by atoms with Crippen molar-refractivity contribution in [2.45, 2.75) is 25.4 Å². The van der Waals surface area contributed by atoms with Gasteiger partial charge < -0.3 is 10.5 Å². The van der Waals surface area contributed by atoms with Gasteiger partial charge in [0.1, 0.15) is 0 Å². The first-order valence-corrected chi connectivity index (χ1v) is 8.18. The molecule has 1 aromatic rings. The molecule has 0 bridgehead atoms. The molecule has 0 aliphatic carbocycles. The van der Waals surface area contributed by atoms with Crippen molar-refractivity contribution in [2.75, 3.05) is 32.7 Å². The Morgan fingerprint density at radius 3 is 2.65 bits per heavy atom. The smallest absolute Gasteiger partial charge is 0.165 e. The lowest BCUT2D eigenvalue weighted by Crippen LogP contribution is -2.37. The average molecular weight is 300 g/mol. The molecule has 1 aromatic carbocycles. The van der Waals surface area contributed by atoms with Crippen LogP contribution in [0.3, 0.4) is 0 Å². The summed E-state index contributed by atoms with van der Waals surface area (Å²) in [6.07, 6.45) is 3.19. The highest BCUT2D eigenvalue weighted by molar-refractivity contribution is 7.98.